The third-order valence-electron chi connectivity index (χ3n) is 13.9. The molecular formula is C61H42ClNO5. The third kappa shape index (κ3) is 6.51. The van der Waals surface area contributed by atoms with Crippen LogP contribution in [-0.2, 0) is 29.2 Å². The molecule has 0 bridgehead atoms. The van der Waals surface area contributed by atoms with Crippen LogP contribution in [-0.4, -0.2) is 28.7 Å². The van der Waals surface area contributed by atoms with Crippen LogP contribution in [0.3, 0.4) is 0 Å². The number of halogens is 1. The van der Waals surface area contributed by atoms with Gasteiger partial charge in [0.1, 0.15) is 12.4 Å². The number of aromatic nitrogens is 1. The topological polar surface area (TPSA) is 77.8 Å². The summed E-state index contributed by atoms with van der Waals surface area (Å²) in [5.74, 6) is 0.0591. The predicted octanol–water partition coefficient (Wildman–Crippen LogP) is 14.9. The Labute approximate surface area is 395 Å². The van der Waals surface area contributed by atoms with Crippen molar-refractivity contribution >= 4 is 121 Å². The van der Waals surface area contributed by atoms with Crippen LogP contribution in [0, 0.1) is 6.92 Å². The Kier molecular flexibility index (Phi) is 9.98. The van der Waals surface area contributed by atoms with Gasteiger partial charge in [-0.15, -0.1) is 0 Å². The number of hydrogen-bond donors (Lipinski definition) is 1. The van der Waals surface area contributed by atoms with E-state index in [9.17, 15) is 14.7 Å². The van der Waals surface area contributed by atoms with E-state index in [4.69, 9.17) is 21.1 Å². The first kappa shape index (κ1) is 41.4. The molecule has 0 unspecified atom stereocenters. The van der Waals surface area contributed by atoms with Crippen molar-refractivity contribution in [2.45, 2.75) is 26.6 Å². The van der Waals surface area contributed by atoms with E-state index in [1.54, 1.807) is 35.9 Å². The average Bonchev–Trinajstić information content (AvgIpc) is 3.65. The maximum Gasteiger partial charge on any atom is 0.310 e. The highest BCUT2D eigenvalue weighted by Crippen LogP contribution is 2.43. The maximum atomic E-state index is 13.7. The molecule has 0 fully saturated rings. The molecule has 0 radical (unpaired) electrons. The number of carbonyl (C=O) groups excluding carboxylic acids is 2. The zero-order valence-electron chi connectivity index (χ0n) is 37.3. The van der Waals surface area contributed by atoms with Crippen LogP contribution in [0.25, 0.3) is 97.1 Å². The fraction of sp³-hybridized carbons (Fsp3) is 0.0820. The maximum absolute atomic E-state index is 13.7. The summed E-state index contributed by atoms with van der Waals surface area (Å²) >= 11 is 6.07. The number of hydrogen-bond acceptors (Lipinski definition) is 5. The van der Waals surface area contributed by atoms with E-state index in [1.807, 2.05) is 31.2 Å². The molecule has 68 heavy (non-hydrogen) atoms. The lowest BCUT2D eigenvalue weighted by molar-refractivity contribution is -0.144. The number of nitrogens with zero attached hydrogens (tertiary/aromatic N) is 1. The van der Waals surface area contributed by atoms with E-state index in [0.29, 0.717) is 27.5 Å². The second-order valence-corrected chi connectivity index (χ2v) is 17.9. The third-order valence-corrected chi connectivity index (χ3v) is 14.2. The van der Waals surface area contributed by atoms with Crippen LogP contribution in [0.2, 0.25) is 5.02 Å². The number of carbonyl (C=O) groups is 2. The standard InChI is InChI=1S/C40H28ClNO4.C21H14O/c1-23-34(35-20-28(45-2)17-19-36(35)42(23)40(44)25-12-15-27(41)16-13-25)21-37(43)46-22-26-14-18-33-31-10-4-7-24-6-3-9-30(38(24)31)32-11-5-8-29(26)39(32)33;22-12-14-10-11-19-17-8-2-5-13-4-1-7-16(20(13)17)18-9-3-6-15(14)21(18)19/h3-20H,21-22H2,1-2H3;1-11,22H,12H2. The lowest BCUT2D eigenvalue weighted by Crippen LogP contribution is -2.14. The Morgan fingerprint density at radius 1 is 0.529 bits per heavy atom. The first-order valence-electron chi connectivity index (χ1n) is 22.7. The number of esters is 1. The molecule has 328 valence electrons. The van der Waals surface area contributed by atoms with Crippen LogP contribution >= 0.6 is 11.6 Å². The number of aliphatic hydroxyl groups excluding tert-OH is 1. The SMILES string of the molecule is COc1ccc2c(c1)c(CC(=O)OCc1ccc3c4cccc5cccc(c6cccc1c63)c54)c(C)n2C(=O)c1ccc(Cl)cc1.OCc1ccc2c3cccc4cccc(c5cccc1c52)c43. The van der Waals surface area contributed by atoms with Crippen molar-refractivity contribution in [3.05, 3.63) is 209 Å². The zero-order chi connectivity index (χ0) is 46.2. The summed E-state index contributed by atoms with van der Waals surface area (Å²) in [6, 6.07) is 59.4. The van der Waals surface area contributed by atoms with Crippen LogP contribution in [0.15, 0.2) is 176 Å². The minimum Gasteiger partial charge on any atom is -0.497 e. The molecule has 1 N–H and O–H groups in total. The lowest BCUT2D eigenvalue weighted by atomic mass is 9.88. The minimum absolute atomic E-state index is 0.00698. The first-order valence-corrected chi connectivity index (χ1v) is 23.1. The zero-order valence-corrected chi connectivity index (χ0v) is 38.0. The Hall–Kier alpha value is -8.03. The fourth-order valence-electron chi connectivity index (χ4n) is 10.8. The number of rotatable bonds is 7. The highest BCUT2D eigenvalue weighted by atomic mass is 35.5. The van der Waals surface area contributed by atoms with E-state index in [2.05, 4.69) is 127 Å². The van der Waals surface area contributed by atoms with E-state index in [1.165, 1.54) is 75.4 Å². The number of aliphatic hydroxyl groups is 1. The van der Waals surface area contributed by atoms with Crippen LogP contribution in [0.1, 0.15) is 32.7 Å². The van der Waals surface area contributed by atoms with Gasteiger partial charge >= 0.3 is 5.97 Å². The quantitative estimate of drug-likeness (QED) is 0.0979. The molecule has 1 aromatic heterocycles. The number of fused-ring (bicyclic) bond motifs is 5. The molecule has 0 aliphatic heterocycles. The summed E-state index contributed by atoms with van der Waals surface area (Å²) in [6.45, 7) is 2.06. The molecule has 0 amide bonds. The van der Waals surface area contributed by atoms with Gasteiger partial charge in [-0.2, -0.15) is 0 Å². The number of ether oxygens (including phenoxy) is 2. The molecule has 12 aromatic carbocycles. The highest BCUT2D eigenvalue weighted by Gasteiger charge is 2.23. The Morgan fingerprint density at radius 2 is 1.00 bits per heavy atom. The normalized spacial score (nSPS) is 11.8. The Balaban J connectivity index is 0.000000181. The second-order valence-electron chi connectivity index (χ2n) is 17.5. The average molecular weight is 904 g/mol. The van der Waals surface area contributed by atoms with Crippen LogP contribution < -0.4 is 4.74 Å². The molecule has 7 heteroatoms. The van der Waals surface area contributed by atoms with Gasteiger partial charge in [-0.25, -0.2) is 0 Å². The van der Waals surface area contributed by atoms with E-state index >= 15 is 0 Å². The monoisotopic (exact) mass is 903 g/mol. The lowest BCUT2D eigenvalue weighted by Gasteiger charge is -2.16. The van der Waals surface area contributed by atoms with Crippen molar-refractivity contribution in [1.82, 2.24) is 4.57 Å². The van der Waals surface area contributed by atoms with Crippen molar-refractivity contribution in [2.75, 3.05) is 7.11 Å². The van der Waals surface area contributed by atoms with Crippen LogP contribution in [0.4, 0.5) is 0 Å². The molecule has 13 rings (SSSR count). The summed E-state index contributed by atoms with van der Waals surface area (Å²) in [4.78, 5) is 27.2. The predicted molar refractivity (Wildman–Crippen MR) is 279 cm³/mol. The molecule has 0 saturated carbocycles. The molecule has 0 saturated heterocycles. The van der Waals surface area contributed by atoms with E-state index in [0.717, 1.165) is 32.8 Å². The van der Waals surface area contributed by atoms with Gasteiger partial charge in [-0.05, 0) is 152 Å². The summed E-state index contributed by atoms with van der Waals surface area (Å²) in [5, 5.41) is 30.7. The van der Waals surface area contributed by atoms with Crippen molar-refractivity contribution in [3.63, 3.8) is 0 Å². The fourth-order valence-corrected chi connectivity index (χ4v) is 11.0. The smallest absolute Gasteiger partial charge is 0.310 e. The van der Waals surface area contributed by atoms with Crippen molar-refractivity contribution in [3.8, 4) is 5.75 Å². The van der Waals surface area contributed by atoms with E-state index < -0.39 is 0 Å². The molecule has 1 heterocycles. The van der Waals surface area contributed by atoms with Gasteiger partial charge in [-0.3, -0.25) is 14.2 Å². The molecular weight excluding hydrogens is 862 g/mol. The summed E-state index contributed by atoms with van der Waals surface area (Å²) in [7, 11) is 1.59. The largest absolute Gasteiger partial charge is 0.497 e. The van der Waals surface area contributed by atoms with Gasteiger partial charge < -0.3 is 14.6 Å². The number of methoxy groups -OCH3 is 1. The molecule has 0 aliphatic rings. The van der Waals surface area contributed by atoms with Crippen molar-refractivity contribution in [2.24, 2.45) is 0 Å². The molecule has 0 aliphatic carbocycles. The van der Waals surface area contributed by atoms with Crippen molar-refractivity contribution < 1.29 is 24.2 Å². The molecule has 0 spiro atoms. The van der Waals surface area contributed by atoms with Gasteiger partial charge in [0.25, 0.3) is 5.91 Å². The summed E-state index contributed by atoms with van der Waals surface area (Å²) in [6.07, 6.45) is 0.00698. The first-order chi connectivity index (χ1) is 33.3. The Morgan fingerprint density at radius 3 is 1.53 bits per heavy atom. The van der Waals surface area contributed by atoms with E-state index in [-0.39, 0.29) is 31.5 Å². The van der Waals surface area contributed by atoms with Gasteiger partial charge in [0.05, 0.1) is 25.7 Å². The van der Waals surface area contributed by atoms with Crippen LogP contribution in [0.5, 0.6) is 5.75 Å². The van der Waals surface area contributed by atoms with Gasteiger partial charge in [0, 0.05) is 21.7 Å². The van der Waals surface area contributed by atoms with Gasteiger partial charge in [-0.1, -0.05) is 145 Å². The molecule has 13 aromatic rings. The summed E-state index contributed by atoms with van der Waals surface area (Å²) in [5.41, 5.74) is 4.53. The minimum atomic E-state index is -0.375. The van der Waals surface area contributed by atoms with Crippen molar-refractivity contribution in [1.29, 1.82) is 0 Å². The van der Waals surface area contributed by atoms with Gasteiger partial charge in [0.2, 0.25) is 0 Å². The highest BCUT2D eigenvalue weighted by molar-refractivity contribution is 6.34. The Bertz CT molecular complexity index is 4050. The summed E-state index contributed by atoms with van der Waals surface area (Å²) < 4.78 is 13.1. The molecule has 6 nitrogen and oxygen atoms in total. The second kappa shape index (κ2) is 16.4. The van der Waals surface area contributed by atoms with Gasteiger partial charge in [0.15, 0.2) is 0 Å². The number of benzene rings is 12. The molecule has 0 atom stereocenters.